The predicted octanol–water partition coefficient (Wildman–Crippen LogP) is 4.60. The highest BCUT2D eigenvalue weighted by molar-refractivity contribution is 5.90. The summed E-state index contributed by atoms with van der Waals surface area (Å²) in [5.74, 6) is -6.78. The van der Waals surface area contributed by atoms with Crippen LogP contribution < -0.4 is 11.1 Å². The van der Waals surface area contributed by atoms with Crippen LogP contribution >= 0.6 is 0 Å². The van der Waals surface area contributed by atoms with Gasteiger partial charge in [0.1, 0.15) is 30.5 Å². The summed E-state index contributed by atoms with van der Waals surface area (Å²) in [5, 5.41) is 61.1. The Hall–Kier alpha value is -3.48. The minimum absolute atomic E-state index is 0.0286. The van der Waals surface area contributed by atoms with Crippen molar-refractivity contribution in [3.8, 4) is 0 Å². The maximum absolute atomic E-state index is 14.6. The van der Waals surface area contributed by atoms with Crippen molar-refractivity contribution in [2.45, 2.75) is 198 Å². The van der Waals surface area contributed by atoms with Gasteiger partial charge in [0.05, 0.1) is 57.5 Å². The van der Waals surface area contributed by atoms with E-state index in [-0.39, 0.29) is 49.9 Å². The Morgan fingerprint density at radius 3 is 2.23 bits per heavy atom. The van der Waals surface area contributed by atoms with Gasteiger partial charge in [-0.2, -0.15) is 0 Å². The van der Waals surface area contributed by atoms with E-state index in [9.17, 15) is 44.7 Å². The highest BCUT2D eigenvalue weighted by atomic mass is 16.6. The van der Waals surface area contributed by atoms with Gasteiger partial charge >= 0.3 is 12.1 Å². The number of Topliss-reactive ketones (excluding diaryl/α,β-unsaturated/α-hetero) is 2. The van der Waals surface area contributed by atoms with Crippen LogP contribution in [0.1, 0.15) is 126 Å². The largest absolute Gasteiger partial charge is 0.460 e. The van der Waals surface area contributed by atoms with Gasteiger partial charge in [-0.15, -0.1) is 0 Å². The number of nitrogens with zero attached hydrogens (tertiary/aromatic N) is 1. The molecule has 20 nitrogen and oxygen atoms in total. The Bertz CT molecular complexity index is 1970. The maximum atomic E-state index is 14.6. The smallest absolute Gasteiger partial charge is 0.407 e. The molecule has 1 saturated carbocycles. The van der Waals surface area contributed by atoms with E-state index < -0.39 is 114 Å². The quantitative estimate of drug-likeness (QED) is 0.0561. The number of esters is 1. The Balaban J connectivity index is 1.53. The molecule has 0 aromatic carbocycles. The van der Waals surface area contributed by atoms with Crippen molar-refractivity contribution >= 4 is 23.6 Å². The molecule has 8 N–H and O–H groups in total. The molecule has 1 unspecified atom stereocenters. The number of rotatable bonds is 18. The van der Waals surface area contributed by atoms with Crippen molar-refractivity contribution in [1.82, 2.24) is 10.2 Å². The van der Waals surface area contributed by atoms with Crippen molar-refractivity contribution in [1.29, 1.82) is 0 Å². The number of ether oxygens (including phenoxy) is 8. The monoisotopic (exact) mass is 1110 g/mol. The fourth-order valence-electron chi connectivity index (χ4n) is 11.1. The van der Waals surface area contributed by atoms with Gasteiger partial charge in [-0.3, -0.25) is 19.3 Å². The summed E-state index contributed by atoms with van der Waals surface area (Å²) in [7, 11) is 3.12. The van der Waals surface area contributed by atoms with Crippen LogP contribution in [0, 0.1) is 29.6 Å². The molecule has 3 fully saturated rings. The molecule has 4 rings (SSSR count). The Labute approximate surface area is 463 Å². The second-order valence-electron chi connectivity index (χ2n) is 22.1. The number of cyclic esters (lactones) is 1. The number of carbonyl (C=O) groups is 4. The summed E-state index contributed by atoms with van der Waals surface area (Å²) >= 11 is 0. The number of ketones is 2. The van der Waals surface area contributed by atoms with Gasteiger partial charge in [-0.25, -0.2) is 4.79 Å². The standard InChI is InChI=1S/C58H97N3O17/c1-10-73-26-27-75-29-28-74-25-23-60-57(69)77-47-22-20-42(33-50(47)72-9)32-44(59)46(62)35-49-38(4)31-40(6)52(64)53(65)51(63)39(5)30-36(2)16-12-11-13-17-37(3)48(71-8)34-43-21-19-41(7)58(70,78-43)54(66)55(67)61-24-15-14-18-45(61)56(68)76-49/h11-13,16-17,31,36,38-39,41-50,52-53,55,62,64-65,67,70H,10,14-15,18-30,32-35,59H2,1-9H3,(H,60,69)/b13-11+,16-12+,37-17+,40-31+/t36-,38-,39-,41-,42+,43+,44-,45+,46+,47-,48+,49-,50-,52-,53+,55?,58-/m1/s1. The summed E-state index contributed by atoms with van der Waals surface area (Å²) in [5.41, 5.74) is 7.86. The van der Waals surface area contributed by atoms with Gasteiger partial charge in [0.25, 0.3) is 0 Å². The number of hydrogen-bond donors (Lipinski definition) is 7. The van der Waals surface area contributed by atoms with Gasteiger partial charge in [0.15, 0.2) is 12.0 Å². The summed E-state index contributed by atoms with van der Waals surface area (Å²) in [6, 6.07) is -1.95. The van der Waals surface area contributed by atoms with E-state index in [1.165, 1.54) is 4.90 Å². The van der Waals surface area contributed by atoms with Crippen LogP contribution in [0.4, 0.5) is 4.79 Å². The Morgan fingerprint density at radius 2 is 1.54 bits per heavy atom. The zero-order valence-corrected chi connectivity index (χ0v) is 48.0. The molecule has 78 heavy (non-hydrogen) atoms. The lowest BCUT2D eigenvalue weighted by Gasteiger charge is -2.45. The second kappa shape index (κ2) is 34.1. The number of aliphatic hydroxyl groups excluding tert-OH is 4. The molecule has 3 aliphatic heterocycles. The van der Waals surface area contributed by atoms with Crippen LogP contribution in [-0.4, -0.2) is 194 Å². The number of hydrogen-bond acceptors (Lipinski definition) is 19. The van der Waals surface area contributed by atoms with E-state index in [0.717, 1.165) is 5.57 Å². The summed E-state index contributed by atoms with van der Waals surface area (Å²) in [6.45, 7) is 15.5. The van der Waals surface area contributed by atoms with Crippen LogP contribution in [0.25, 0.3) is 0 Å². The molecule has 446 valence electrons. The molecule has 3 heterocycles. The van der Waals surface area contributed by atoms with Crippen molar-refractivity contribution in [3.63, 3.8) is 0 Å². The molecular formula is C58H97N3O17. The van der Waals surface area contributed by atoms with E-state index in [1.54, 1.807) is 48.0 Å². The number of piperidine rings is 1. The molecule has 4 aliphatic rings. The maximum Gasteiger partial charge on any atom is 0.407 e. The highest BCUT2D eigenvalue weighted by Crippen LogP contribution is 2.38. The number of nitrogens with one attached hydrogen (secondary N) is 1. The zero-order valence-electron chi connectivity index (χ0n) is 48.0. The van der Waals surface area contributed by atoms with Crippen LogP contribution in [0.15, 0.2) is 47.6 Å². The lowest BCUT2D eigenvalue weighted by Crippen LogP contribution is -2.62. The van der Waals surface area contributed by atoms with E-state index in [0.29, 0.717) is 97.2 Å². The van der Waals surface area contributed by atoms with Crippen molar-refractivity contribution in [2.75, 3.05) is 67.0 Å². The highest BCUT2D eigenvalue weighted by Gasteiger charge is 2.53. The van der Waals surface area contributed by atoms with Crippen LogP contribution in [0.3, 0.4) is 0 Å². The lowest BCUT2D eigenvalue weighted by molar-refractivity contribution is -0.275. The first-order valence-electron chi connectivity index (χ1n) is 28.5. The molecule has 17 atom stereocenters. The van der Waals surface area contributed by atoms with Gasteiger partial charge in [-0.05, 0) is 102 Å². The molecule has 2 saturated heterocycles. The summed E-state index contributed by atoms with van der Waals surface area (Å²) in [4.78, 5) is 56.5. The van der Waals surface area contributed by atoms with Gasteiger partial charge < -0.3 is 74.5 Å². The van der Waals surface area contributed by atoms with Crippen LogP contribution in [0.2, 0.25) is 0 Å². The number of methoxy groups -OCH3 is 2. The number of carbonyl (C=O) groups excluding carboxylic acids is 4. The van der Waals surface area contributed by atoms with E-state index in [1.807, 2.05) is 51.2 Å². The molecule has 0 radical (unpaired) electrons. The Kier molecular flexibility index (Phi) is 29.3. The first kappa shape index (κ1) is 67.0. The first-order chi connectivity index (χ1) is 37.1. The fourth-order valence-corrected chi connectivity index (χ4v) is 11.1. The third-order valence-electron chi connectivity index (χ3n) is 16.0. The van der Waals surface area contributed by atoms with E-state index in [2.05, 4.69) is 5.32 Å². The average molecular weight is 1110 g/mol. The summed E-state index contributed by atoms with van der Waals surface area (Å²) in [6.07, 6.45) is 5.62. The molecular weight excluding hydrogens is 1010 g/mol. The minimum Gasteiger partial charge on any atom is -0.460 e. The third kappa shape index (κ3) is 20.5. The molecule has 20 heteroatoms. The molecule has 2 bridgehead atoms. The second-order valence-corrected chi connectivity index (χ2v) is 22.1. The van der Waals surface area contributed by atoms with Crippen LogP contribution in [0.5, 0.6) is 0 Å². The number of alkyl carbamates (subject to hydrolysis) is 1. The number of fused-ring (bicyclic) bond motifs is 3. The molecule has 1 amide bonds. The molecule has 0 spiro atoms. The number of nitrogens with two attached hydrogens (primary N) is 1. The van der Waals surface area contributed by atoms with Crippen LogP contribution in [-0.2, 0) is 52.3 Å². The number of allylic oxidation sites excluding steroid dienone is 5. The van der Waals surface area contributed by atoms with Gasteiger partial charge in [0, 0.05) is 70.6 Å². The minimum atomic E-state index is -2.38. The normalized spacial score (nSPS) is 36.8. The molecule has 0 aromatic heterocycles. The summed E-state index contributed by atoms with van der Waals surface area (Å²) < 4.78 is 46.0. The first-order valence-corrected chi connectivity index (χ1v) is 28.5. The van der Waals surface area contributed by atoms with Gasteiger partial charge in [-0.1, -0.05) is 70.6 Å². The topological polar surface area (TPSA) is 285 Å². The van der Waals surface area contributed by atoms with E-state index >= 15 is 0 Å². The molecule has 0 aromatic rings. The van der Waals surface area contributed by atoms with Crippen molar-refractivity contribution in [3.05, 3.63) is 47.6 Å². The SMILES string of the molecule is CCOCCOCCOCCNC(=O)O[C@@H]1CC[C@@H](C[C@@H](N)[C@@H](O)C[C@H]2OC(=O)[C@@H]3CCCCN3C(O)C(=O)[C@]3(O)O[C@@H](CC[C@H]3C)C[C@H](OC)/C(C)=C/C=C/C=C/[C@@H](C)C[C@@H](C)C(=O)[C@H](O)[C@H](O)/C(C)=C/[C@H]2C)C[C@H]1OC. The van der Waals surface area contributed by atoms with Crippen molar-refractivity contribution < 1.29 is 82.6 Å². The van der Waals surface area contributed by atoms with E-state index in [4.69, 9.17) is 43.6 Å². The number of amides is 1. The number of aliphatic hydroxyl groups is 5. The Morgan fingerprint density at radius 1 is 0.833 bits per heavy atom. The van der Waals surface area contributed by atoms with Crippen molar-refractivity contribution in [2.24, 2.45) is 35.3 Å². The lowest BCUT2D eigenvalue weighted by atomic mass is 9.80. The molecule has 1 aliphatic carbocycles. The predicted molar refractivity (Wildman–Crippen MR) is 292 cm³/mol. The average Bonchev–Trinajstić information content (AvgIpc) is 3.46. The van der Waals surface area contributed by atoms with Gasteiger partial charge in [0.2, 0.25) is 11.6 Å². The fraction of sp³-hybridized carbons (Fsp3) is 0.793. The third-order valence-corrected chi connectivity index (χ3v) is 16.0. The zero-order chi connectivity index (χ0) is 57.5.